The maximum absolute atomic E-state index is 10.3. The molecule has 0 amide bonds. The second-order valence-corrected chi connectivity index (χ2v) is 4.49. The van der Waals surface area contributed by atoms with Gasteiger partial charge in [0.15, 0.2) is 6.23 Å². The molecule has 1 atom stereocenters. The molecule has 21 heavy (non-hydrogen) atoms. The molecule has 1 aromatic carbocycles. The van der Waals surface area contributed by atoms with E-state index in [1.54, 1.807) is 24.4 Å². The minimum absolute atomic E-state index is 0.00934. The maximum atomic E-state index is 10.3. The average molecular weight is 285 g/mol. The largest absolute Gasteiger partial charge is 0.493 e. The lowest BCUT2D eigenvalue weighted by Crippen LogP contribution is -2.11. The molecule has 0 saturated heterocycles. The molecule has 0 bridgehead atoms. The van der Waals surface area contributed by atoms with E-state index in [4.69, 9.17) is 15.7 Å². The molecule has 1 radical (unpaired) electrons. The van der Waals surface area contributed by atoms with Crippen molar-refractivity contribution in [1.29, 1.82) is 5.26 Å². The molecule has 6 nitrogen and oxygen atoms in total. The Balaban J connectivity index is 2.51. The van der Waals surface area contributed by atoms with Gasteiger partial charge in [0.05, 0.1) is 23.4 Å². The third-order valence-corrected chi connectivity index (χ3v) is 3.31. The van der Waals surface area contributed by atoms with E-state index in [9.17, 15) is 5.11 Å². The summed E-state index contributed by atoms with van der Waals surface area (Å²) in [5.74, 6) is -0.00934. The summed E-state index contributed by atoms with van der Waals surface area (Å²) in [6.07, 6.45) is 1.55. The Hall–Kier alpha value is -2.36. The molecule has 109 valence electrons. The number of hydrogen-bond donors (Lipinski definition) is 2. The van der Waals surface area contributed by atoms with Gasteiger partial charge < -0.3 is 15.6 Å². The Kier molecular flexibility index (Phi) is 4.58. The van der Waals surface area contributed by atoms with E-state index >= 15 is 0 Å². The van der Waals surface area contributed by atoms with Crippen LogP contribution in [0.1, 0.15) is 23.8 Å². The zero-order chi connectivity index (χ0) is 15.4. The quantitative estimate of drug-likeness (QED) is 0.875. The van der Waals surface area contributed by atoms with Crippen molar-refractivity contribution in [3.05, 3.63) is 42.4 Å². The van der Waals surface area contributed by atoms with Crippen LogP contribution in [-0.2, 0) is 11.3 Å². The number of nitriles is 1. The average Bonchev–Trinajstić information content (AvgIpc) is 2.89. The first-order chi connectivity index (χ1) is 10.2. The molecule has 0 spiro atoms. The number of nitrogens with two attached hydrogens (primary N) is 1. The van der Waals surface area contributed by atoms with E-state index in [1.165, 1.54) is 11.8 Å². The first-order valence-electron chi connectivity index (χ1n) is 6.48. The van der Waals surface area contributed by atoms with Crippen LogP contribution in [-0.4, -0.2) is 22.0 Å². The van der Waals surface area contributed by atoms with Gasteiger partial charge in [-0.15, -0.1) is 0 Å². The fourth-order valence-electron chi connectivity index (χ4n) is 2.19. The monoisotopic (exact) mass is 285 g/mol. The van der Waals surface area contributed by atoms with Crippen LogP contribution < -0.4 is 5.73 Å². The Bertz CT molecular complexity index is 669. The summed E-state index contributed by atoms with van der Waals surface area (Å²) in [6.45, 7) is 4.02. The Labute approximate surface area is 123 Å². The highest BCUT2D eigenvalue weighted by atomic mass is 16.5. The molecule has 1 aromatic heterocycles. The van der Waals surface area contributed by atoms with Crippen LogP contribution in [0.4, 0.5) is 0 Å². The molecule has 2 aromatic rings. The molecule has 3 N–H and O–H groups in total. The molecular formula is C15H17N4O2. The standard InChI is InChI=1S/C15H17N4O2/c1-3-14(21-2)19-15(20)13(9-18-19)12-5-4-10(7-16)6-11(12)8-17/h4-6,9,14,20H,1,3,8,17H2,2H3. The van der Waals surface area contributed by atoms with Crippen LogP contribution in [0, 0.1) is 18.3 Å². The van der Waals surface area contributed by atoms with E-state index in [2.05, 4.69) is 18.1 Å². The van der Waals surface area contributed by atoms with Crippen LogP contribution in [0.25, 0.3) is 11.1 Å². The van der Waals surface area contributed by atoms with Gasteiger partial charge in [0.25, 0.3) is 0 Å². The van der Waals surface area contributed by atoms with E-state index in [0.717, 1.165) is 11.1 Å². The van der Waals surface area contributed by atoms with Crippen molar-refractivity contribution in [2.45, 2.75) is 19.2 Å². The third-order valence-electron chi connectivity index (χ3n) is 3.31. The summed E-state index contributed by atoms with van der Waals surface area (Å²) in [7, 11) is 1.53. The second-order valence-electron chi connectivity index (χ2n) is 4.49. The highest BCUT2D eigenvalue weighted by molar-refractivity contribution is 5.72. The summed E-state index contributed by atoms with van der Waals surface area (Å²) < 4.78 is 6.59. The first kappa shape index (κ1) is 15.0. The highest BCUT2D eigenvalue weighted by Crippen LogP contribution is 2.34. The summed E-state index contributed by atoms with van der Waals surface area (Å²) in [4.78, 5) is 0. The highest BCUT2D eigenvalue weighted by Gasteiger charge is 2.19. The van der Waals surface area contributed by atoms with Crippen LogP contribution in [0.3, 0.4) is 0 Å². The van der Waals surface area contributed by atoms with Gasteiger partial charge in [-0.05, 0) is 36.6 Å². The Morgan fingerprint density at radius 1 is 1.52 bits per heavy atom. The van der Waals surface area contributed by atoms with Crippen LogP contribution in [0.5, 0.6) is 5.88 Å². The van der Waals surface area contributed by atoms with E-state index < -0.39 is 6.23 Å². The van der Waals surface area contributed by atoms with Crippen molar-refractivity contribution in [2.24, 2.45) is 5.73 Å². The van der Waals surface area contributed by atoms with Gasteiger partial charge in [0.1, 0.15) is 0 Å². The number of aromatic nitrogens is 2. The number of hydrogen-bond acceptors (Lipinski definition) is 5. The lowest BCUT2D eigenvalue weighted by Gasteiger charge is -2.14. The normalized spacial score (nSPS) is 12.1. The summed E-state index contributed by atoms with van der Waals surface area (Å²) in [5.41, 5.74) is 8.33. The van der Waals surface area contributed by atoms with Gasteiger partial charge in [-0.1, -0.05) is 6.07 Å². The van der Waals surface area contributed by atoms with E-state index in [0.29, 0.717) is 17.5 Å². The van der Waals surface area contributed by atoms with Crippen molar-refractivity contribution < 1.29 is 9.84 Å². The van der Waals surface area contributed by atoms with Gasteiger partial charge in [-0.25, -0.2) is 4.68 Å². The molecule has 1 heterocycles. The zero-order valence-corrected chi connectivity index (χ0v) is 11.8. The van der Waals surface area contributed by atoms with Crippen molar-refractivity contribution in [3.8, 4) is 23.1 Å². The Morgan fingerprint density at radius 2 is 2.29 bits per heavy atom. The molecule has 6 heteroatoms. The Morgan fingerprint density at radius 3 is 2.86 bits per heavy atom. The van der Waals surface area contributed by atoms with Crippen LogP contribution >= 0.6 is 0 Å². The van der Waals surface area contributed by atoms with Crippen molar-refractivity contribution in [2.75, 3.05) is 7.11 Å². The van der Waals surface area contributed by atoms with Crippen molar-refractivity contribution >= 4 is 0 Å². The van der Waals surface area contributed by atoms with Gasteiger partial charge in [0, 0.05) is 13.7 Å². The molecule has 0 aliphatic rings. The minimum Gasteiger partial charge on any atom is -0.493 e. The molecule has 0 aliphatic carbocycles. The minimum atomic E-state index is -0.432. The molecule has 0 fully saturated rings. The fourth-order valence-corrected chi connectivity index (χ4v) is 2.19. The maximum Gasteiger partial charge on any atom is 0.219 e. The van der Waals surface area contributed by atoms with Crippen molar-refractivity contribution in [1.82, 2.24) is 9.78 Å². The summed E-state index contributed by atoms with van der Waals surface area (Å²) >= 11 is 0. The third kappa shape index (κ3) is 2.75. The van der Waals surface area contributed by atoms with Gasteiger partial charge in [-0.3, -0.25) is 0 Å². The number of nitrogens with zero attached hydrogens (tertiary/aromatic N) is 3. The van der Waals surface area contributed by atoms with Crippen LogP contribution in [0.15, 0.2) is 24.4 Å². The summed E-state index contributed by atoms with van der Waals surface area (Å²) in [5, 5.41) is 23.4. The molecule has 0 aliphatic heterocycles. The number of ether oxygens (including phenoxy) is 1. The number of methoxy groups -OCH3 is 1. The number of aromatic hydroxyl groups is 1. The second kappa shape index (κ2) is 6.39. The lowest BCUT2D eigenvalue weighted by molar-refractivity contribution is 0.0299. The van der Waals surface area contributed by atoms with Gasteiger partial charge in [-0.2, -0.15) is 10.4 Å². The molecule has 1 unspecified atom stereocenters. The first-order valence-corrected chi connectivity index (χ1v) is 6.48. The lowest BCUT2D eigenvalue weighted by atomic mass is 10.00. The van der Waals surface area contributed by atoms with Crippen molar-refractivity contribution in [3.63, 3.8) is 0 Å². The van der Waals surface area contributed by atoms with Crippen LogP contribution in [0.2, 0.25) is 0 Å². The summed E-state index contributed by atoms with van der Waals surface area (Å²) in [6, 6.07) is 7.22. The fraction of sp³-hybridized carbons (Fsp3) is 0.267. The van der Waals surface area contributed by atoms with Gasteiger partial charge >= 0.3 is 0 Å². The van der Waals surface area contributed by atoms with Gasteiger partial charge in [0.2, 0.25) is 5.88 Å². The predicted molar refractivity (Wildman–Crippen MR) is 78.0 cm³/mol. The predicted octanol–water partition coefficient (Wildman–Crippen LogP) is 1.96. The number of benzene rings is 1. The molecule has 2 rings (SSSR count). The SMILES string of the molecule is [CH2]CC(OC)n1ncc(-c2ccc(C#N)cc2CN)c1O. The zero-order valence-electron chi connectivity index (χ0n) is 11.8. The topological polar surface area (TPSA) is 97.1 Å². The van der Waals surface area contributed by atoms with E-state index in [-0.39, 0.29) is 12.4 Å². The van der Waals surface area contributed by atoms with E-state index in [1.807, 2.05) is 0 Å². The molecule has 0 saturated carbocycles. The molecular weight excluding hydrogens is 268 g/mol. The smallest absolute Gasteiger partial charge is 0.219 e. The number of rotatable bonds is 5.